The molecule has 2 rings (SSSR count). The highest BCUT2D eigenvalue weighted by atomic mass is 35.5. The zero-order valence-electron chi connectivity index (χ0n) is 13.0. The van der Waals surface area contributed by atoms with Gasteiger partial charge in [-0.15, -0.1) is 0 Å². The first kappa shape index (κ1) is 17.1. The molecular weight excluding hydrogens is 320 g/mol. The first-order valence-electron chi connectivity index (χ1n) is 7.14. The highest BCUT2D eigenvalue weighted by Gasteiger charge is 2.28. The summed E-state index contributed by atoms with van der Waals surface area (Å²) in [5.41, 5.74) is 5.98. The van der Waals surface area contributed by atoms with Gasteiger partial charge >= 0.3 is 0 Å². The molecule has 7 heteroatoms. The Morgan fingerprint density at radius 1 is 1.35 bits per heavy atom. The van der Waals surface area contributed by atoms with Gasteiger partial charge in [0.1, 0.15) is 0 Å². The maximum atomic E-state index is 12.1. The van der Waals surface area contributed by atoms with Crippen molar-refractivity contribution in [1.82, 2.24) is 4.90 Å². The molecule has 23 heavy (non-hydrogen) atoms. The van der Waals surface area contributed by atoms with Crippen molar-refractivity contribution in [2.24, 2.45) is 11.7 Å². The van der Waals surface area contributed by atoms with E-state index in [0.717, 1.165) is 0 Å². The monoisotopic (exact) mass is 338 g/mol. The van der Waals surface area contributed by atoms with Gasteiger partial charge in [0.05, 0.1) is 25.2 Å². The van der Waals surface area contributed by atoms with Gasteiger partial charge in [0, 0.05) is 19.2 Å². The number of ether oxygens (including phenoxy) is 2. The van der Waals surface area contributed by atoms with E-state index in [9.17, 15) is 9.59 Å². The molecule has 0 saturated carbocycles. The molecule has 1 aliphatic heterocycles. The van der Waals surface area contributed by atoms with E-state index in [1.54, 1.807) is 23.1 Å². The second kappa shape index (κ2) is 7.37. The lowest BCUT2D eigenvalue weighted by molar-refractivity contribution is -0.125. The molecule has 1 heterocycles. The lowest BCUT2D eigenvalue weighted by Crippen LogP contribution is -2.30. The molecular formula is C16H19ClN2O4. The Labute approximate surface area is 139 Å². The minimum absolute atomic E-state index is 0.167. The molecule has 0 radical (unpaired) electrons. The number of rotatable bonds is 5. The van der Waals surface area contributed by atoms with Gasteiger partial charge in [-0.05, 0) is 30.2 Å². The van der Waals surface area contributed by atoms with Crippen LogP contribution < -0.4 is 15.2 Å². The molecule has 1 atom stereocenters. The van der Waals surface area contributed by atoms with Crippen LogP contribution in [0.5, 0.6) is 11.5 Å². The van der Waals surface area contributed by atoms with Crippen molar-refractivity contribution < 1.29 is 19.1 Å². The van der Waals surface area contributed by atoms with Gasteiger partial charge in [-0.2, -0.15) is 0 Å². The summed E-state index contributed by atoms with van der Waals surface area (Å²) < 4.78 is 10.4. The van der Waals surface area contributed by atoms with Crippen LogP contribution in [0.2, 0.25) is 5.02 Å². The van der Waals surface area contributed by atoms with Crippen molar-refractivity contribution in [2.75, 3.05) is 27.3 Å². The molecule has 124 valence electrons. The first-order valence-corrected chi connectivity index (χ1v) is 7.52. The third kappa shape index (κ3) is 3.96. The third-order valence-corrected chi connectivity index (χ3v) is 4.06. The number of methoxy groups -OCH3 is 2. The standard InChI is InChI=1S/C16H19ClN2O4/c1-22-13-8-10(7-12(17)15(13)23-2)3-4-14(20)19-6-5-11(9-19)16(18)21/h3-4,7-8,11H,5-6,9H2,1-2H3,(H2,18,21)/b4-3-/t11-/m1/s1. The van der Waals surface area contributed by atoms with E-state index in [0.29, 0.717) is 41.6 Å². The molecule has 0 aliphatic carbocycles. The average molecular weight is 339 g/mol. The number of primary amides is 1. The minimum Gasteiger partial charge on any atom is -0.493 e. The Morgan fingerprint density at radius 3 is 2.65 bits per heavy atom. The quantitative estimate of drug-likeness (QED) is 0.828. The van der Waals surface area contributed by atoms with Gasteiger partial charge in [0.2, 0.25) is 11.8 Å². The van der Waals surface area contributed by atoms with Gasteiger partial charge < -0.3 is 20.1 Å². The minimum atomic E-state index is -0.365. The molecule has 1 fully saturated rings. The SMILES string of the molecule is COc1cc(/C=C\C(=O)N2CC[C@@H](C(N)=O)C2)cc(Cl)c1OC. The van der Waals surface area contributed by atoms with Crippen molar-refractivity contribution >= 4 is 29.5 Å². The predicted octanol–water partition coefficient (Wildman–Crippen LogP) is 1.70. The molecule has 2 N–H and O–H groups in total. The number of nitrogens with zero attached hydrogens (tertiary/aromatic N) is 1. The average Bonchev–Trinajstić information content (AvgIpc) is 3.02. The van der Waals surface area contributed by atoms with E-state index in [1.165, 1.54) is 20.3 Å². The van der Waals surface area contributed by atoms with Crippen molar-refractivity contribution in [3.63, 3.8) is 0 Å². The fourth-order valence-electron chi connectivity index (χ4n) is 2.50. The van der Waals surface area contributed by atoms with Crippen LogP contribution in [0.3, 0.4) is 0 Å². The maximum absolute atomic E-state index is 12.1. The van der Waals surface area contributed by atoms with Crippen LogP contribution in [0.1, 0.15) is 12.0 Å². The van der Waals surface area contributed by atoms with E-state index in [2.05, 4.69) is 0 Å². The molecule has 6 nitrogen and oxygen atoms in total. The number of likely N-dealkylation sites (tertiary alicyclic amines) is 1. The van der Waals surface area contributed by atoms with Crippen LogP contribution in [0, 0.1) is 5.92 Å². The van der Waals surface area contributed by atoms with Gasteiger partial charge in [-0.25, -0.2) is 0 Å². The largest absolute Gasteiger partial charge is 0.493 e. The summed E-state index contributed by atoms with van der Waals surface area (Å²) in [7, 11) is 3.02. The van der Waals surface area contributed by atoms with Crippen molar-refractivity contribution in [3.05, 3.63) is 28.8 Å². The topological polar surface area (TPSA) is 81.9 Å². The normalized spacial score (nSPS) is 17.5. The third-order valence-electron chi connectivity index (χ3n) is 3.78. The number of carbonyl (C=O) groups excluding carboxylic acids is 2. The van der Waals surface area contributed by atoms with Crippen LogP contribution in [0.15, 0.2) is 18.2 Å². The van der Waals surface area contributed by atoms with E-state index >= 15 is 0 Å². The summed E-state index contributed by atoms with van der Waals surface area (Å²) in [6.45, 7) is 0.897. The van der Waals surface area contributed by atoms with Crippen molar-refractivity contribution in [2.45, 2.75) is 6.42 Å². The highest BCUT2D eigenvalue weighted by Crippen LogP contribution is 2.36. The van der Waals surface area contributed by atoms with Gasteiger partial charge in [0.15, 0.2) is 11.5 Å². The number of hydrogen-bond donors (Lipinski definition) is 1. The number of hydrogen-bond acceptors (Lipinski definition) is 4. The fourth-order valence-corrected chi connectivity index (χ4v) is 2.80. The molecule has 2 amide bonds. The Hall–Kier alpha value is -2.21. The number of carbonyl (C=O) groups is 2. The predicted molar refractivity (Wildman–Crippen MR) is 87.5 cm³/mol. The van der Waals surface area contributed by atoms with Gasteiger partial charge in [0.25, 0.3) is 0 Å². The summed E-state index contributed by atoms with van der Waals surface area (Å²) in [5.74, 6) is 0.141. The van der Waals surface area contributed by atoms with Crippen molar-refractivity contribution in [1.29, 1.82) is 0 Å². The summed E-state index contributed by atoms with van der Waals surface area (Å²) in [5, 5.41) is 0.397. The first-order chi connectivity index (χ1) is 11.0. The molecule has 1 saturated heterocycles. The number of amides is 2. The van der Waals surface area contributed by atoms with Gasteiger partial charge in [-0.1, -0.05) is 11.6 Å². The molecule has 0 spiro atoms. The Kier molecular flexibility index (Phi) is 5.50. The molecule has 0 unspecified atom stereocenters. The highest BCUT2D eigenvalue weighted by molar-refractivity contribution is 6.32. The Morgan fingerprint density at radius 2 is 2.09 bits per heavy atom. The maximum Gasteiger partial charge on any atom is 0.246 e. The lowest BCUT2D eigenvalue weighted by Gasteiger charge is -2.13. The lowest BCUT2D eigenvalue weighted by atomic mass is 10.1. The summed E-state index contributed by atoms with van der Waals surface area (Å²) in [6.07, 6.45) is 3.70. The van der Waals surface area contributed by atoms with Crippen LogP contribution in [0.4, 0.5) is 0 Å². The number of halogens is 1. The fraction of sp³-hybridized carbons (Fsp3) is 0.375. The molecule has 0 bridgehead atoms. The van der Waals surface area contributed by atoms with Crippen LogP contribution in [0.25, 0.3) is 6.08 Å². The zero-order chi connectivity index (χ0) is 17.0. The molecule has 0 aromatic heterocycles. The molecule has 1 aromatic rings. The van der Waals surface area contributed by atoms with Gasteiger partial charge in [-0.3, -0.25) is 9.59 Å². The smallest absolute Gasteiger partial charge is 0.246 e. The second-order valence-corrected chi connectivity index (χ2v) is 5.65. The molecule has 1 aromatic carbocycles. The Bertz CT molecular complexity index is 645. The number of benzene rings is 1. The van der Waals surface area contributed by atoms with E-state index in [-0.39, 0.29) is 17.7 Å². The Balaban J connectivity index is 2.10. The van der Waals surface area contributed by atoms with E-state index < -0.39 is 0 Å². The molecule has 1 aliphatic rings. The second-order valence-electron chi connectivity index (χ2n) is 5.24. The van der Waals surface area contributed by atoms with Crippen LogP contribution >= 0.6 is 11.6 Å². The zero-order valence-corrected chi connectivity index (χ0v) is 13.8. The number of nitrogens with two attached hydrogens (primary N) is 1. The van der Waals surface area contributed by atoms with Crippen LogP contribution in [-0.4, -0.2) is 44.0 Å². The summed E-state index contributed by atoms with van der Waals surface area (Å²) >= 11 is 6.12. The van der Waals surface area contributed by atoms with Crippen LogP contribution in [-0.2, 0) is 9.59 Å². The van der Waals surface area contributed by atoms with E-state index in [1.807, 2.05) is 0 Å². The van der Waals surface area contributed by atoms with Crippen molar-refractivity contribution in [3.8, 4) is 11.5 Å². The summed E-state index contributed by atoms with van der Waals surface area (Å²) in [6, 6.07) is 3.41. The summed E-state index contributed by atoms with van der Waals surface area (Å²) in [4.78, 5) is 24.9. The van der Waals surface area contributed by atoms with E-state index in [4.69, 9.17) is 26.8 Å².